The van der Waals surface area contributed by atoms with Crippen LogP contribution >= 0.6 is 0 Å². The minimum Gasteiger partial charge on any atom is -0.480 e. The van der Waals surface area contributed by atoms with E-state index in [1.807, 2.05) is 6.07 Å². The van der Waals surface area contributed by atoms with E-state index in [9.17, 15) is 9.90 Å². The molecule has 0 amide bonds. The van der Waals surface area contributed by atoms with Gasteiger partial charge in [0.05, 0.1) is 0 Å². The van der Waals surface area contributed by atoms with Crippen LogP contribution in [0.2, 0.25) is 18.1 Å². The molecule has 0 aliphatic carbocycles. The Balaban J connectivity index is 2.16. The third-order valence-electron chi connectivity index (χ3n) is 6.07. The highest BCUT2D eigenvalue weighted by atomic mass is 28.4. The summed E-state index contributed by atoms with van der Waals surface area (Å²) in [6.07, 6.45) is 0. The molecule has 0 radical (unpaired) electrons. The predicted molar refractivity (Wildman–Crippen MR) is 104 cm³/mol. The van der Waals surface area contributed by atoms with Crippen LogP contribution in [0.3, 0.4) is 0 Å². The lowest BCUT2D eigenvalue weighted by Gasteiger charge is -2.37. The molecule has 1 aromatic carbocycles. The van der Waals surface area contributed by atoms with Crippen molar-refractivity contribution in [3.63, 3.8) is 0 Å². The molecule has 1 heterocycles. The van der Waals surface area contributed by atoms with Crippen molar-refractivity contribution in [1.29, 1.82) is 0 Å². The third kappa shape index (κ3) is 4.71. The van der Waals surface area contributed by atoms with E-state index in [0.29, 0.717) is 18.4 Å². The maximum absolute atomic E-state index is 11.4. The lowest BCUT2D eigenvalue weighted by atomic mass is 9.90. The Kier molecular flexibility index (Phi) is 6.12. The SMILES string of the molecule is C[C@H](C(=O)O)N1C[C@H](CO[Si](C)(C)C(C)(C)C)[C@@H](c2ccccc2)C1. The number of carboxylic acid groups (broad SMARTS) is 1. The van der Waals surface area contributed by atoms with Crippen molar-refractivity contribution in [1.82, 2.24) is 4.90 Å². The van der Waals surface area contributed by atoms with Crippen LogP contribution in [0.25, 0.3) is 0 Å². The summed E-state index contributed by atoms with van der Waals surface area (Å²) >= 11 is 0. The van der Waals surface area contributed by atoms with Crippen LogP contribution in [0.4, 0.5) is 0 Å². The highest BCUT2D eigenvalue weighted by Crippen LogP contribution is 2.39. The average Bonchev–Trinajstić information content (AvgIpc) is 2.96. The molecule has 0 bridgehead atoms. The van der Waals surface area contributed by atoms with E-state index in [1.165, 1.54) is 5.56 Å². The van der Waals surface area contributed by atoms with Gasteiger partial charge in [0.1, 0.15) is 6.04 Å². The third-order valence-corrected chi connectivity index (χ3v) is 10.6. The first-order chi connectivity index (χ1) is 11.5. The van der Waals surface area contributed by atoms with Gasteiger partial charge in [0.15, 0.2) is 8.32 Å². The van der Waals surface area contributed by atoms with E-state index in [-0.39, 0.29) is 5.04 Å². The van der Waals surface area contributed by atoms with Crippen molar-refractivity contribution in [2.75, 3.05) is 19.7 Å². The molecule has 1 aliphatic heterocycles. The lowest BCUT2D eigenvalue weighted by Crippen LogP contribution is -2.42. The Morgan fingerprint density at radius 2 is 1.88 bits per heavy atom. The summed E-state index contributed by atoms with van der Waals surface area (Å²) in [5, 5.41) is 9.57. The van der Waals surface area contributed by atoms with Gasteiger partial charge in [-0.25, -0.2) is 0 Å². The zero-order chi connectivity index (χ0) is 18.8. The zero-order valence-corrected chi connectivity index (χ0v) is 17.5. The fourth-order valence-corrected chi connectivity index (χ4v) is 4.22. The number of rotatable bonds is 6. The monoisotopic (exact) mass is 363 g/mol. The molecule has 5 heteroatoms. The van der Waals surface area contributed by atoms with E-state index in [0.717, 1.165) is 13.1 Å². The van der Waals surface area contributed by atoms with E-state index in [2.05, 4.69) is 63.0 Å². The van der Waals surface area contributed by atoms with Gasteiger partial charge in [-0.2, -0.15) is 0 Å². The highest BCUT2D eigenvalue weighted by Gasteiger charge is 2.41. The van der Waals surface area contributed by atoms with Crippen molar-refractivity contribution >= 4 is 14.3 Å². The number of likely N-dealkylation sites (tertiary alicyclic amines) is 1. The summed E-state index contributed by atoms with van der Waals surface area (Å²) in [6, 6.07) is 9.99. The van der Waals surface area contributed by atoms with E-state index in [1.54, 1.807) is 6.92 Å². The first-order valence-corrected chi connectivity index (χ1v) is 12.1. The second-order valence-corrected chi connectivity index (χ2v) is 13.6. The van der Waals surface area contributed by atoms with Gasteiger partial charge in [0.25, 0.3) is 0 Å². The number of nitrogens with zero attached hydrogens (tertiary/aromatic N) is 1. The molecule has 140 valence electrons. The topological polar surface area (TPSA) is 49.8 Å². The average molecular weight is 364 g/mol. The second-order valence-electron chi connectivity index (χ2n) is 8.82. The molecule has 2 rings (SSSR count). The number of hydrogen-bond donors (Lipinski definition) is 1. The Bertz CT molecular complexity index is 582. The van der Waals surface area contributed by atoms with Gasteiger partial charge in [-0.15, -0.1) is 0 Å². The number of hydrogen-bond acceptors (Lipinski definition) is 3. The maximum atomic E-state index is 11.4. The lowest BCUT2D eigenvalue weighted by molar-refractivity contribution is -0.142. The van der Waals surface area contributed by atoms with Gasteiger partial charge in [-0.1, -0.05) is 51.1 Å². The number of carboxylic acids is 1. The molecule has 3 atom stereocenters. The minimum atomic E-state index is -1.81. The second kappa shape index (κ2) is 7.60. The Hall–Kier alpha value is -1.17. The van der Waals surface area contributed by atoms with Gasteiger partial charge in [0, 0.05) is 31.5 Å². The standard InChI is InChI=1S/C20H33NO3Si/c1-15(19(22)23)21-12-17(14-24-25(5,6)20(2,3)4)18(13-21)16-10-8-7-9-11-16/h7-11,15,17-18H,12-14H2,1-6H3,(H,22,23)/t15-,17-,18-/m1/s1. The summed E-state index contributed by atoms with van der Waals surface area (Å²) in [5.74, 6) is -0.0936. The van der Waals surface area contributed by atoms with Crippen molar-refractivity contribution in [3.8, 4) is 0 Å². The smallest absolute Gasteiger partial charge is 0.320 e. The summed E-state index contributed by atoms with van der Waals surface area (Å²) in [5.41, 5.74) is 1.28. The molecule has 0 unspecified atom stereocenters. The van der Waals surface area contributed by atoms with Crippen LogP contribution in [0.15, 0.2) is 30.3 Å². The molecular formula is C20H33NO3Si. The molecule has 1 fully saturated rings. The quantitative estimate of drug-likeness (QED) is 0.770. The van der Waals surface area contributed by atoms with Gasteiger partial charge in [-0.05, 0) is 30.6 Å². The molecule has 1 N–H and O–H groups in total. The number of carbonyl (C=O) groups is 1. The summed E-state index contributed by atoms with van der Waals surface area (Å²) < 4.78 is 6.48. The first-order valence-electron chi connectivity index (χ1n) is 9.18. The highest BCUT2D eigenvalue weighted by molar-refractivity contribution is 6.74. The number of benzene rings is 1. The fraction of sp³-hybridized carbons (Fsp3) is 0.650. The van der Waals surface area contributed by atoms with Gasteiger partial charge < -0.3 is 9.53 Å². The van der Waals surface area contributed by atoms with Crippen LogP contribution in [-0.4, -0.2) is 50.0 Å². The number of aliphatic carboxylic acids is 1. The molecule has 1 saturated heterocycles. The van der Waals surface area contributed by atoms with E-state index in [4.69, 9.17) is 4.43 Å². The minimum absolute atomic E-state index is 0.182. The molecular weight excluding hydrogens is 330 g/mol. The Labute approximate surface area is 153 Å². The maximum Gasteiger partial charge on any atom is 0.320 e. The van der Waals surface area contributed by atoms with Crippen LogP contribution < -0.4 is 0 Å². The molecule has 0 aromatic heterocycles. The van der Waals surface area contributed by atoms with Crippen molar-refractivity contribution in [3.05, 3.63) is 35.9 Å². The van der Waals surface area contributed by atoms with Crippen molar-refractivity contribution in [2.24, 2.45) is 5.92 Å². The van der Waals surface area contributed by atoms with Crippen LogP contribution in [0, 0.1) is 5.92 Å². The first kappa shape index (κ1) is 20.1. The molecule has 4 nitrogen and oxygen atoms in total. The van der Waals surface area contributed by atoms with Crippen molar-refractivity contribution < 1.29 is 14.3 Å². The van der Waals surface area contributed by atoms with Gasteiger partial charge in [0.2, 0.25) is 0 Å². The van der Waals surface area contributed by atoms with Crippen molar-refractivity contribution in [2.45, 2.75) is 57.8 Å². The van der Waals surface area contributed by atoms with Crippen LogP contribution in [-0.2, 0) is 9.22 Å². The van der Waals surface area contributed by atoms with Crippen LogP contribution in [0.5, 0.6) is 0 Å². The summed E-state index contributed by atoms with van der Waals surface area (Å²) in [4.78, 5) is 13.5. The van der Waals surface area contributed by atoms with Crippen LogP contribution in [0.1, 0.15) is 39.2 Å². The zero-order valence-electron chi connectivity index (χ0n) is 16.5. The predicted octanol–water partition coefficient (Wildman–Crippen LogP) is 4.20. The van der Waals surface area contributed by atoms with Gasteiger partial charge in [-0.3, -0.25) is 9.69 Å². The largest absolute Gasteiger partial charge is 0.480 e. The van der Waals surface area contributed by atoms with E-state index < -0.39 is 20.3 Å². The molecule has 1 aromatic rings. The fourth-order valence-electron chi connectivity index (χ4n) is 3.16. The normalized spacial score (nSPS) is 23.6. The Morgan fingerprint density at radius 3 is 2.40 bits per heavy atom. The molecule has 1 aliphatic rings. The Morgan fingerprint density at radius 1 is 1.28 bits per heavy atom. The summed E-state index contributed by atoms with van der Waals surface area (Å²) in [7, 11) is -1.81. The molecule has 0 saturated carbocycles. The van der Waals surface area contributed by atoms with Gasteiger partial charge >= 0.3 is 5.97 Å². The molecule has 0 spiro atoms. The van der Waals surface area contributed by atoms with E-state index >= 15 is 0 Å². The molecule has 25 heavy (non-hydrogen) atoms. The summed E-state index contributed by atoms with van der Waals surface area (Å²) in [6.45, 7) is 15.4.